The zero-order valence-electron chi connectivity index (χ0n) is 12.4. The number of anilines is 1. The minimum Gasteiger partial charge on any atom is -0.432 e. The molecule has 2 rings (SSSR count). The Bertz CT molecular complexity index is 543. The van der Waals surface area contributed by atoms with E-state index in [-0.39, 0.29) is 17.7 Å². The van der Waals surface area contributed by atoms with E-state index >= 15 is 0 Å². The molecule has 2 unspecified atom stereocenters. The highest BCUT2D eigenvalue weighted by Crippen LogP contribution is 2.27. The molecule has 0 bridgehead atoms. The number of urea groups is 1. The standard InChI is InChI=1S/C15H19F3N2O3/c16-10-4-5-12(13(7-10)23-14(17)18)20-15(22)19-8-9-2-1-3-11(21)6-9/h4-5,7,9,11,14,21H,1-3,6,8H2,(H2,19,20,22). The number of aliphatic hydroxyl groups excluding tert-OH is 1. The number of hydrogen-bond acceptors (Lipinski definition) is 3. The van der Waals surface area contributed by atoms with Crippen LogP contribution in [0.3, 0.4) is 0 Å². The SMILES string of the molecule is O=C(NCC1CCCC(O)C1)Nc1ccc(F)cc1OC(F)F. The fourth-order valence-electron chi connectivity index (χ4n) is 2.64. The van der Waals surface area contributed by atoms with Crippen LogP contribution in [0.15, 0.2) is 18.2 Å². The van der Waals surface area contributed by atoms with Gasteiger partial charge in [-0.2, -0.15) is 8.78 Å². The number of hydrogen-bond donors (Lipinski definition) is 3. The quantitative estimate of drug-likeness (QED) is 0.776. The number of amides is 2. The number of nitrogens with one attached hydrogen (secondary N) is 2. The first kappa shape index (κ1) is 17.4. The van der Waals surface area contributed by atoms with Crippen molar-refractivity contribution < 1.29 is 27.8 Å². The van der Waals surface area contributed by atoms with Gasteiger partial charge >= 0.3 is 12.6 Å². The Morgan fingerprint density at radius 2 is 2.17 bits per heavy atom. The van der Waals surface area contributed by atoms with Crippen LogP contribution in [-0.4, -0.2) is 30.4 Å². The molecule has 1 saturated carbocycles. The molecule has 1 aliphatic rings. The lowest BCUT2D eigenvalue weighted by atomic mass is 9.87. The topological polar surface area (TPSA) is 70.6 Å². The van der Waals surface area contributed by atoms with Crippen molar-refractivity contribution in [3.63, 3.8) is 0 Å². The van der Waals surface area contributed by atoms with E-state index in [4.69, 9.17) is 0 Å². The van der Waals surface area contributed by atoms with Gasteiger partial charge in [-0.15, -0.1) is 0 Å². The van der Waals surface area contributed by atoms with Crippen LogP contribution in [0.5, 0.6) is 5.75 Å². The fraction of sp³-hybridized carbons (Fsp3) is 0.533. The second kappa shape index (κ2) is 8.05. The highest BCUT2D eigenvalue weighted by Gasteiger charge is 2.21. The molecule has 8 heteroatoms. The first-order valence-electron chi connectivity index (χ1n) is 7.41. The van der Waals surface area contributed by atoms with Crippen LogP contribution in [0.25, 0.3) is 0 Å². The van der Waals surface area contributed by atoms with Gasteiger partial charge in [-0.1, -0.05) is 6.42 Å². The van der Waals surface area contributed by atoms with Crippen molar-refractivity contribution in [2.24, 2.45) is 5.92 Å². The Hall–Kier alpha value is -1.96. The molecule has 0 aromatic heterocycles. The minimum absolute atomic E-state index is 0.0483. The van der Waals surface area contributed by atoms with Crippen LogP contribution in [-0.2, 0) is 0 Å². The van der Waals surface area contributed by atoms with Gasteiger partial charge in [0.05, 0.1) is 11.8 Å². The smallest absolute Gasteiger partial charge is 0.387 e. The van der Waals surface area contributed by atoms with Gasteiger partial charge in [-0.25, -0.2) is 9.18 Å². The Labute approximate surface area is 131 Å². The Morgan fingerprint density at radius 1 is 1.39 bits per heavy atom. The van der Waals surface area contributed by atoms with Gasteiger partial charge in [0.2, 0.25) is 0 Å². The number of alkyl halides is 2. The van der Waals surface area contributed by atoms with Crippen LogP contribution >= 0.6 is 0 Å². The molecule has 1 aromatic rings. The summed E-state index contributed by atoms with van der Waals surface area (Å²) in [4.78, 5) is 11.8. The number of ether oxygens (including phenoxy) is 1. The lowest BCUT2D eigenvalue weighted by molar-refractivity contribution is -0.0495. The molecule has 0 aliphatic heterocycles. The Kier molecular flexibility index (Phi) is 6.09. The molecule has 0 heterocycles. The second-order valence-electron chi connectivity index (χ2n) is 5.54. The van der Waals surface area contributed by atoms with Gasteiger partial charge in [0.15, 0.2) is 5.75 Å². The van der Waals surface area contributed by atoms with Crippen LogP contribution in [0.2, 0.25) is 0 Å². The summed E-state index contributed by atoms with van der Waals surface area (Å²) in [7, 11) is 0. The van der Waals surface area contributed by atoms with Crippen molar-refractivity contribution in [2.45, 2.75) is 38.4 Å². The van der Waals surface area contributed by atoms with Crippen LogP contribution in [0.1, 0.15) is 25.7 Å². The third-order valence-corrected chi connectivity index (χ3v) is 3.71. The molecule has 0 radical (unpaired) electrons. The molecular formula is C15H19F3N2O3. The molecular weight excluding hydrogens is 313 g/mol. The maximum absolute atomic E-state index is 13.1. The minimum atomic E-state index is -3.12. The molecule has 1 fully saturated rings. The van der Waals surface area contributed by atoms with E-state index in [0.717, 1.165) is 37.5 Å². The molecule has 128 valence electrons. The van der Waals surface area contributed by atoms with Gasteiger partial charge in [0.25, 0.3) is 0 Å². The van der Waals surface area contributed by atoms with Gasteiger partial charge in [-0.05, 0) is 37.3 Å². The van der Waals surface area contributed by atoms with E-state index in [0.29, 0.717) is 13.0 Å². The maximum atomic E-state index is 13.1. The Morgan fingerprint density at radius 3 is 2.87 bits per heavy atom. The van der Waals surface area contributed by atoms with Gasteiger partial charge in [-0.3, -0.25) is 0 Å². The van der Waals surface area contributed by atoms with E-state index in [2.05, 4.69) is 15.4 Å². The van der Waals surface area contributed by atoms with Crippen molar-refractivity contribution in [3.05, 3.63) is 24.0 Å². The average molecular weight is 332 g/mol. The van der Waals surface area contributed by atoms with E-state index in [1.807, 2.05) is 0 Å². The predicted molar refractivity (Wildman–Crippen MR) is 78.0 cm³/mol. The first-order valence-corrected chi connectivity index (χ1v) is 7.41. The summed E-state index contributed by atoms with van der Waals surface area (Å²) in [5.74, 6) is -1.01. The highest BCUT2D eigenvalue weighted by atomic mass is 19.3. The summed E-state index contributed by atoms with van der Waals surface area (Å²) in [6, 6.07) is 2.36. The summed E-state index contributed by atoms with van der Waals surface area (Å²) in [5.41, 5.74) is -0.0483. The predicted octanol–water partition coefficient (Wildman–Crippen LogP) is 3.10. The van der Waals surface area contributed by atoms with Crippen molar-refractivity contribution in [1.82, 2.24) is 5.32 Å². The van der Waals surface area contributed by atoms with Crippen molar-refractivity contribution in [3.8, 4) is 5.75 Å². The number of halogens is 3. The van der Waals surface area contributed by atoms with E-state index in [9.17, 15) is 23.1 Å². The van der Waals surface area contributed by atoms with Crippen LogP contribution < -0.4 is 15.4 Å². The largest absolute Gasteiger partial charge is 0.432 e. The van der Waals surface area contributed by atoms with E-state index in [1.54, 1.807) is 0 Å². The van der Waals surface area contributed by atoms with Crippen molar-refractivity contribution >= 4 is 11.7 Å². The number of carbonyl (C=O) groups excluding carboxylic acids is 1. The van der Waals surface area contributed by atoms with Gasteiger partial charge < -0.3 is 20.5 Å². The lowest BCUT2D eigenvalue weighted by Crippen LogP contribution is -2.35. The third-order valence-electron chi connectivity index (χ3n) is 3.71. The summed E-state index contributed by atoms with van der Waals surface area (Å²) >= 11 is 0. The third kappa shape index (κ3) is 5.63. The molecule has 0 spiro atoms. The highest BCUT2D eigenvalue weighted by molar-refractivity contribution is 5.90. The number of benzene rings is 1. The molecule has 2 atom stereocenters. The summed E-state index contributed by atoms with van der Waals surface area (Å²) in [5, 5.41) is 14.5. The Balaban J connectivity index is 1.89. The zero-order valence-corrected chi connectivity index (χ0v) is 12.4. The second-order valence-corrected chi connectivity index (χ2v) is 5.54. The first-order chi connectivity index (χ1) is 10.9. The fourth-order valence-corrected chi connectivity index (χ4v) is 2.64. The lowest BCUT2D eigenvalue weighted by Gasteiger charge is -2.26. The molecule has 23 heavy (non-hydrogen) atoms. The maximum Gasteiger partial charge on any atom is 0.387 e. The van der Waals surface area contributed by atoms with Crippen LogP contribution in [0.4, 0.5) is 23.7 Å². The molecule has 2 amide bonds. The van der Waals surface area contributed by atoms with Gasteiger partial charge in [0.1, 0.15) is 5.82 Å². The van der Waals surface area contributed by atoms with E-state index in [1.165, 1.54) is 0 Å². The zero-order chi connectivity index (χ0) is 16.8. The molecule has 0 saturated heterocycles. The van der Waals surface area contributed by atoms with Crippen molar-refractivity contribution in [2.75, 3.05) is 11.9 Å². The monoisotopic (exact) mass is 332 g/mol. The number of aliphatic hydroxyl groups is 1. The van der Waals surface area contributed by atoms with Gasteiger partial charge in [0, 0.05) is 12.6 Å². The summed E-state index contributed by atoms with van der Waals surface area (Å²) in [6.07, 6.45) is 2.86. The van der Waals surface area contributed by atoms with Crippen LogP contribution in [0, 0.1) is 11.7 Å². The molecule has 1 aliphatic carbocycles. The number of rotatable bonds is 5. The summed E-state index contributed by atoms with van der Waals surface area (Å²) in [6.45, 7) is -2.75. The summed E-state index contributed by atoms with van der Waals surface area (Å²) < 4.78 is 41.9. The molecule has 5 nitrogen and oxygen atoms in total. The molecule has 1 aromatic carbocycles. The van der Waals surface area contributed by atoms with E-state index < -0.39 is 24.2 Å². The molecule has 3 N–H and O–H groups in total. The van der Waals surface area contributed by atoms with Crippen molar-refractivity contribution in [1.29, 1.82) is 0 Å². The number of carbonyl (C=O) groups is 1. The average Bonchev–Trinajstić information content (AvgIpc) is 2.47. The normalized spacial score (nSPS) is 21.1.